The van der Waals surface area contributed by atoms with E-state index >= 15 is 0 Å². The van der Waals surface area contributed by atoms with Crippen molar-refractivity contribution in [3.05, 3.63) is 57.0 Å². The highest BCUT2D eigenvalue weighted by atomic mass is 35.5. The molecule has 0 spiro atoms. The van der Waals surface area contributed by atoms with Crippen LogP contribution in [0.1, 0.15) is 49.4 Å². The van der Waals surface area contributed by atoms with Gasteiger partial charge in [-0.15, -0.1) is 0 Å². The molecule has 148 valence electrons. The van der Waals surface area contributed by atoms with E-state index in [-0.39, 0.29) is 12.4 Å². The minimum atomic E-state index is 0.151. The van der Waals surface area contributed by atoms with E-state index in [9.17, 15) is 4.79 Å². The van der Waals surface area contributed by atoms with E-state index < -0.39 is 0 Å². The quantitative estimate of drug-likeness (QED) is 0.771. The van der Waals surface area contributed by atoms with Crippen LogP contribution in [0.25, 0.3) is 0 Å². The summed E-state index contributed by atoms with van der Waals surface area (Å²) in [5.74, 6) is 2.39. The van der Waals surface area contributed by atoms with E-state index in [4.69, 9.17) is 21.1 Å². The standard InChI is InChI=1S/C22H25ClN2O3/c1-2-4-18-15-7-16(19-5-3-6-22(26)25(18)19)12-24(11-15)10-14-8-20-21(9-17(14)23)28-13-27-20/h3,5-6,8-9,15-16,18H,2,4,7,10-13H2,1H3/t15-,16+,18-/m0/s1. The molecule has 4 heterocycles. The minimum absolute atomic E-state index is 0.151. The Hall–Kier alpha value is -1.98. The van der Waals surface area contributed by atoms with Crippen LogP contribution in [0.2, 0.25) is 5.02 Å². The number of pyridine rings is 1. The topological polar surface area (TPSA) is 43.7 Å². The Morgan fingerprint density at radius 1 is 1.18 bits per heavy atom. The Labute approximate surface area is 169 Å². The first-order chi connectivity index (χ1) is 13.6. The Bertz CT molecular complexity index is 957. The van der Waals surface area contributed by atoms with E-state index in [0.29, 0.717) is 17.9 Å². The molecule has 0 radical (unpaired) electrons. The highest BCUT2D eigenvalue weighted by molar-refractivity contribution is 6.31. The number of hydrogen-bond donors (Lipinski definition) is 0. The second-order valence-electron chi connectivity index (χ2n) is 8.20. The molecule has 0 aliphatic carbocycles. The number of likely N-dealkylation sites (tertiary alicyclic amines) is 1. The molecule has 0 unspecified atom stereocenters. The molecule has 3 atom stereocenters. The maximum atomic E-state index is 12.6. The van der Waals surface area contributed by atoms with Gasteiger partial charge in [0.1, 0.15) is 0 Å². The largest absolute Gasteiger partial charge is 0.454 e. The molecular formula is C22H25ClN2O3. The van der Waals surface area contributed by atoms with Gasteiger partial charge >= 0.3 is 0 Å². The third-order valence-corrected chi connectivity index (χ3v) is 6.75. The van der Waals surface area contributed by atoms with Crippen molar-refractivity contribution >= 4 is 11.6 Å². The van der Waals surface area contributed by atoms with E-state index in [2.05, 4.69) is 22.5 Å². The summed E-state index contributed by atoms with van der Waals surface area (Å²) >= 11 is 6.52. The van der Waals surface area contributed by atoms with Gasteiger partial charge < -0.3 is 14.0 Å². The van der Waals surface area contributed by atoms with Gasteiger partial charge in [-0.2, -0.15) is 0 Å². The van der Waals surface area contributed by atoms with Crippen molar-refractivity contribution in [1.82, 2.24) is 9.47 Å². The van der Waals surface area contributed by atoms with E-state index in [1.165, 1.54) is 12.1 Å². The molecule has 1 aromatic carbocycles. The predicted molar refractivity (Wildman–Crippen MR) is 108 cm³/mol. The van der Waals surface area contributed by atoms with Crippen molar-refractivity contribution in [2.24, 2.45) is 5.92 Å². The van der Waals surface area contributed by atoms with E-state index in [1.54, 1.807) is 6.07 Å². The van der Waals surface area contributed by atoms with Gasteiger partial charge in [-0.1, -0.05) is 31.0 Å². The molecule has 28 heavy (non-hydrogen) atoms. The molecule has 5 rings (SSSR count). The van der Waals surface area contributed by atoms with Gasteiger partial charge in [0.05, 0.1) is 0 Å². The first-order valence-electron chi connectivity index (χ1n) is 10.2. The summed E-state index contributed by atoms with van der Waals surface area (Å²) in [6, 6.07) is 9.92. The molecule has 1 fully saturated rings. The highest BCUT2D eigenvalue weighted by Crippen LogP contribution is 2.44. The van der Waals surface area contributed by atoms with Gasteiger partial charge in [0, 0.05) is 54.4 Å². The number of halogens is 1. The Morgan fingerprint density at radius 2 is 2.00 bits per heavy atom. The third-order valence-electron chi connectivity index (χ3n) is 6.39. The van der Waals surface area contributed by atoms with Crippen LogP contribution in [0.3, 0.4) is 0 Å². The van der Waals surface area contributed by atoms with Gasteiger partial charge in [0.15, 0.2) is 11.5 Å². The zero-order chi connectivity index (χ0) is 19.3. The fraction of sp³-hybridized carbons (Fsp3) is 0.500. The highest BCUT2D eigenvalue weighted by Gasteiger charge is 2.40. The van der Waals surface area contributed by atoms with Crippen molar-refractivity contribution in [3.63, 3.8) is 0 Å². The molecule has 3 aliphatic rings. The van der Waals surface area contributed by atoms with Crippen LogP contribution in [-0.2, 0) is 6.54 Å². The molecule has 0 N–H and O–H groups in total. The van der Waals surface area contributed by atoms with Gasteiger partial charge in [-0.05, 0) is 36.5 Å². The van der Waals surface area contributed by atoms with Crippen LogP contribution in [0, 0.1) is 5.92 Å². The third kappa shape index (κ3) is 3.01. The summed E-state index contributed by atoms with van der Waals surface area (Å²) in [5, 5.41) is 0.724. The number of piperidine rings is 1. The maximum absolute atomic E-state index is 12.6. The van der Waals surface area contributed by atoms with Gasteiger partial charge in [-0.3, -0.25) is 9.69 Å². The lowest BCUT2D eigenvalue weighted by Crippen LogP contribution is -2.49. The lowest BCUT2D eigenvalue weighted by molar-refractivity contribution is 0.0817. The number of fused-ring (bicyclic) bond motifs is 5. The second kappa shape index (κ2) is 7.12. The zero-order valence-corrected chi connectivity index (χ0v) is 16.8. The summed E-state index contributed by atoms with van der Waals surface area (Å²) < 4.78 is 13.0. The lowest BCUT2D eigenvalue weighted by atomic mass is 9.77. The van der Waals surface area contributed by atoms with Crippen LogP contribution in [0.4, 0.5) is 0 Å². The Morgan fingerprint density at radius 3 is 2.82 bits per heavy atom. The predicted octanol–water partition coefficient (Wildman–Crippen LogP) is 4.19. The van der Waals surface area contributed by atoms with Crippen LogP contribution in [0.5, 0.6) is 11.5 Å². The van der Waals surface area contributed by atoms with Crippen molar-refractivity contribution in [2.75, 3.05) is 19.9 Å². The van der Waals surface area contributed by atoms with Crippen LogP contribution in [0.15, 0.2) is 35.1 Å². The number of nitrogens with zero attached hydrogens (tertiary/aromatic N) is 2. The molecule has 0 saturated carbocycles. The van der Waals surface area contributed by atoms with Crippen LogP contribution < -0.4 is 15.0 Å². The monoisotopic (exact) mass is 400 g/mol. The minimum Gasteiger partial charge on any atom is -0.454 e. The van der Waals surface area contributed by atoms with Crippen molar-refractivity contribution in [1.29, 1.82) is 0 Å². The first kappa shape index (κ1) is 18.1. The number of aromatic nitrogens is 1. The lowest BCUT2D eigenvalue weighted by Gasteiger charge is -2.47. The van der Waals surface area contributed by atoms with Crippen molar-refractivity contribution in [3.8, 4) is 11.5 Å². The Kier molecular flexibility index (Phi) is 4.60. The zero-order valence-electron chi connectivity index (χ0n) is 16.1. The molecule has 0 amide bonds. The summed E-state index contributed by atoms with van der Waals surface area (Å²) in [7, 11) is 0. The van der Waals surface area contributed by atoms with E-state index in [1.807, 2.05) is 18.2 Å². The summed E-state index contributed by atoms with van der Waals surface area (Å²) in [6.45, 7) is 5.19. The number of rotatable bonds is 4. The van der Waals surface area contributed by atoms with Gasteiger partial charge in [0.25, 0.3) is 5.56 Å². The van der Waals surface area contributed by atoms with Gasteiger partial charge in [-0.25, -0.2) is 0 Å². The number of hydrogen-bond acceptors (Lipinski definition) is 4. The number of benzene rings is 1. The van der Waals surface area contributed by atoms with Crippen molar-refractivity contribution in [2.45, 2.75) is 44.7 Å². The average Bonchev–Trinajstić information content (AvgIpc) is 3.13. The summed E-state index contributed by atoms with van der Waals surface area (Å²) in [4.78, 5) is 15.1. The molecule has 2 aromatic rings. The first-order valence-corrected chi connectivity index (χ1v) is 10.5. The molecule has 1 aromatic heterocycles. The fourth-order valence-electron chi connectivity index (χ4n) is 5.25. The Balaban J connectivity index is 1.44. The van der Waals surface area contributed by atoms with Crippen LogP contribution in [-0.4, -0.2) is 29.3 Å². The second-order valence-corrected chi connectivity index (χ2v) is 8.61. The molecule has 5 nitrogen and oxygen atoms in total. The SMILES string of the molecule is CCC[C@H]1[C@H]2C[C@H](CN(Cc3cc4c(cc3Cl)OCO4)C2)c2cccc(=O)n21. The molecular weight excluding hydrogens is 376 g/mol. The molecule has 3 aliphatic heterocycles. The normalized spacial score (nSPS) is 25.6. The summed E-state index contributed by atoms with van der Waals surface area (Å²) in [5.41, 5.74) is 2.42. The van der Waals surface area contributed by atoms with Crippen molar-refractivity contribution < 1.29 is 9.47 Å². The smallest absolute Gasteiger partial charge is 0.250 e. The molecule has 6 heteroatoms. The van der Waals surface area contributed by atoms with Crippen LogP contribution >= 0.6 is 11.6 Å². The average molecular weight is 401 g/mol. The number of ether oxygens (including phenoxy) is 2. The maximum Gasteiger partial charge on any atom is 0.250 e. The molecule has 1 saturated heterocycles. The molecule has 2 bridgehead atoms. The van der Waals surface area contributed by atoms with Gasteiger partial charge in [0.2, 0.25) is 6.79 Å². The summed E-state index contributed by atoms with van der Waals surface area (Å²) in [6.07, 6.45) is 3.30. The fourth-order valence-corrected chi connectivity index (χ4v) is 5.47. The van der Waals surface area contributed by atoms with E-state index in [0.717, 1.165) is 54.6 Å².